The first-order chi connectivity index (χ1) is 12.6. The van der Waals surface area contributed by atoms with Gasteiger partial charge in [-0.1, -0.05) is 18.2 Å². The highest BCUT2D eigenvalue weighted by molar-refractivity contribution is 5.69. The number of nitrogens with zero attached hydrogens (tertiary/aromatic N) is 3. The Bertz CT molecular complexity index is 748. The van der Waals surface area contributed by atoms with E-state index in [0.29, 0.717) is 5.75 Å². The minimum absolute atomic E-state index is 0.280. The van der Waals surface area contributed by atoms with Crippen LogP contribution in [0.15, 0.2) is 42.5 Å². The summed E-state index contributed by atoms with van der Waals surface area (Å²) in [4.78, 5) is 20.7. The Hall–Kier alpha value is -2.24. The van der Waals surface area contributed by atoms with Crippen LogP contribution in [0.25, 0.3) is 0 Å². The van der Waals surface area contributed by atoms with Gasteiger partial charge in [-0.05, 0) is 56.3 Å². The van der Waals surface area contributed by atoms with Gasteiger partial charge in [-0.2, -0.15) is 0 Å². The molecule has 138 valence electrons. The quantitative estimate of drug-likeness (QED) is 0.611. The van der Waals surface area contributed by atoms with E-state index in [4.69, 9.17) is 4.74 Å². The lowest BCUT2D eigenvalue weighted by Crippen LogP contribution is -2.30. The van der Waals surface area contributed by atoms with E-state index in [1.54, 1.807) is 0 Å². The summed E-state index contributed by atoms with van der Waals surface area (Å²) in [6.45, 7) is 9.51. The van der Waals surface area contributed by atoms with Gasteiger partial charge in [-0.3, -0.25) is 19.6 Å². The highest BCUT2D eigenvalue weighted by Crippen LogP contribution is 2.16. The molecule has 5 nitrogen and oxygen atoms in total. The number of pyridine rings is 1. The van der Waals surface area contributed by atoms with Crippen molar-refractivity contribution in [1.29, 1.82) is 0 Å². The second-order valence-corrected chi connectivity index (χ2v) is 6.92. The number of hydrogen-bond acceptors (Lipinski definition) is 5. The summed E-state index contributed by atoms with van der Waals surface area (Å²) >= 11 is 0. The first-order valence-electron chi connectivity index (χ1n) is 9.23. The first-order valence-corrected chi connectivity index (χ1v) is 9.23. The van der Waals surface area contributed by atoms with Crippen LogP contribution in [-0.2, 0) is 17.9 Å². The molecule has 0 saturated carbocycles. The molecule has 1 aliphatic heterocycles. The molecule has 0 amide bonds. The van der Waals surface area contributed by atoms with E-state index >= 15 is 0 Å². The maximum absolute atomic E-state index is 11.1. The minimum Gasteiger partial charge on any atom is -0.427 e. The highest BCUT2D eigenvalue weighted by atomic mass is 16.5. The molecule has 1 saturated heterocycles. The third-order valence-electron chi connectivity index (χ3n) is 4.58. The van der Waals surface area contributed by atoms with Gasteiger partial charge in [0.05, 0.1) is 5.69 Å². The lowest BCUT2D eigenvalue weighted by Gasteiger charge is -2.22. The van der Waals surface area contributed by atoms with Crippen molar-refractivity contribution in [3.63, 3.8) is 0 Å². The van der Waals surface area contributed by atoms with Crippen molar-refractivity contribution < 1.29 is 9.53 Å². The van der Waals surface area contributed by atoms with Gasteiger partial charge < -0.3 is 4.74 Å². The molecule has 0 radical (unpaired) electrons. The van der Waals surface area contributed by atoms with Crippen LogP contribution in [0.3, 0.4) is 0 Å². The van der Waals surface area contributed by atoms with Crippen LogP contribution < -0.4 is 4.74 Å². The zero-order chi connectivity index (χ0) is 18.4. The molecule has 1 aliphatic rings. The number of rotatable bonds is 5. The third kappa shape index (κ3) is 5.64. The Morgan fingerprint density at radius 3 is 2.50 bits per heavy atom. The molecule has 1 aromatic carbocycles. The Morgan fingerprint density at radius 2 is 1.77 bits per heavy atom. The summed E-state index contributed by atoms with van der Waals surface area (Å²) < 4.78 is 5.19. The zero-order valence-corrected chi connectivity index (χ0v) is 15.6. The van der Waals surface area contributed by atoms with Gasteiger partial charge in [-0.25, -0.2) is 0 Å². The summed E-state index contributed by atoms with van der Waals surface area (Å²) in [5, 5.41) is 0. The van der Waals surface area contributed by atoms with Crippen molar-refractivity contribution in [3.8, 4) is 5.75 Å². The SMILES string of the molecule is CC(=O)Oc1cccc(CN2CCCN(Cc3cccc(C)n3)CC2)c1. The molecule has 26 heavy (non-hydrogen) atoms. The number of aromatic nitrogens is 1. The standard InChI is InChI=1S/C21H27N3O2/c1-17-6-3-8-20(22-17)16-24-11-5-10-23(12-13-24)15-19-7-4-9-21(14-19)26-18(2)25/h3-4,6-9,14H,5,10-13,15-16H2,1-2H3. The Kier molecular flexibility index (Phi) is 6.36. The number of ether oxygens (including phenoxy) is 1. The fraction of sp³-hybridized carbons (Fsp3) is 0.429. The van der Waals surface area contributed by atoms with Crippen LogP contribution in [0.5, 0.6) is 5.75 Å². The predicted molar refractivity (Wildman–Crippen MR) is 102 cm³/mol. The van der Waals surface area contributed by atoms with Gasteiger partial charge >= 0.3 is 5.97 Å². The van der Waals surface area contributed by atoms with Crippen molar-refractivity contribution in [1.82, 2.24) is 14.8 Å². The average molecular weight is 353 g/mol. The van der Waals surface area contributed by atoms with Gasteiger partial charge in [-0.15, -0.1) is 0 Å². The molecule has 0 unspecified atom stereocenters. The van der Waals surface area contributed by atoms with Crippen LogP contribution in [-0.4, -0.2) is 46.9 Å². The summed E-state index contributed by atoms with van der Waals surface area (Å²) in [5.41, 5.74) is 3.40. The number of carbonyl (C=O) groups is 1. The van der Waals surface area contributed by atoms with Crippen molar-refractivity contribution in [2.24, 2.45) is 0 Å². The first kappa shape index (κ1) is 18.5. The highest BCUT2D eigenvalue weighted by Gasteiger charge is 2.16. The maximum Gasteiger partial charge on any atom is 0.308 e. The molecular formula is C21H27N3O2. The third-order valence-corrected chi connectivity index (χ3v) is 4.58. The molecular weight excluding hydrogens is 326 g/mol. The summed E-state index contributed by atoms with van der Waals surface area (Å²) in [5.74, 6) is 0.342. The monoisotopic (exact) mass is 353 g/mol. The normalized spacial score (nSPS) is 16.2. The van der Waals surface area contributed by atoms with Gasteiger partial charge in [0.25, 0.3) is 0 Å². The molecule has 1 aromatic heterocycles. The fourth-order valence-corrected chi connectivity index (χ4v) is 3.39. The van der Waals surface area contributed by atoms with Gasteiger partial charge in [0.1, 0.15) is 5.75 Å². The number of hydrogen-bond donors (Lipinski definition) is 0. The van der Waals surface area contributed by atoms with Crippen LogP contribution in [0, 0.1) is 6.92 Å². The number of carbonyl (C=O) groups excluding carboxylic acids is 1. The molecule has 0 atom stereocenters. The Labute approximate surface area is 155 Å². The number of benzene rings is 1. The molecule has 0 spiro atoms. The number of esters is 1. The molecule has 3 rings (SSSR count). The topological polar surface area (TPSA) is 45.7 Å². The lowest BCUT2D eigenvalue weighted by atomic mass is 10.2. The lowest BCUT2D eigenvalue weighted by molar-refractivity contribution is -0.131. The van der Waals surface area contributed by atoms with E-state index in [9.17, 15) is 4.79 Å². The van der Waals surface area contributed by atoms with Crippen molar-refractivity contribution in [2.75, 3.05) is 26.2 Å². The molecule has 1 fully saturated rings. The zero-order valence-electron chi connectivity index (χ0n) is 15.6. The predicted octanol–water partition coefficient (Wildman–Crippen LogP) is 3.02. The van der Waals surface area contributed by atoms with Crippen LogP contribution in [0.1, 0.15) is 30.3 Å². The van der Waals surface area contributed by atoms with E-state index in [1.165, 1.54) is 12.5 Å². The Balaban J connectivity index is 1.54. The van der Waals surface area contributed by atoms with Crippen LogP contribution in [0.2, 0.25) is 0 Å². The molecule has 2 aromatic rings. The molecule has 0 aliphatic carbocycles. The van der Waals surface area contributed by atoms with Crippen LogP contribution in [0.4, 0.5) is 0 Å². The van der Waals surface area contributed by atoms with Crippen LogP contribution >= 0.6 is 0 Å². The van der Waals surface area contributed by atoms with E-state index in [1.807, 2.05) is 31.2 Å². The Morgan fingerprint density at radius 1 is 1.04 bits per heavy atom. The molecule has 0 bridgehead atoms. The van der Waals surface area contributed by atoms with Crippen molar-refractivity contribution >= 4 is 5.97 Å². The van der Waals surface area contributed by atoms with E-state index in [0.717, 1.165) is 57.1 Å². The van der Waals surface area contributed by atoms with E-state index in [-0.39, 0.29) is 5.97 Å². The summed E-state index contributed by atoms with van der Waals surface area (Å²) in [6.07, 6.45) is 1.15. The average Bonchev–Trinajstić information content (AvgIpc) is 2.80. The fourth-order valence-electron chi connectivity index (χ4n) is 3.39. The largest absolute Gasteiger partial charge is 0.427 e. The smallest absolute Gasteiger partial charge is 0.308 e. The summed E-state index contributed by atoms with van der Waals surface area (Å²) in [7, 11) is 0. The molecule has 2 heterocycles. The molecule has 5 heteroatoms. The van der Waals surface area contributed by atoms with Gasteiger partial charge in [0.2, 0.25) is 0 Å². The molecule has 0 N–H and O–H groups in total. The summed E-state index contributed by atoms with van der Waals surface area (Å²) in [6, 6.07) is 14.0. The minimum atomic E-state index is -0.280. The van der Waals surface area contributed by atoms with Crippen molar-refractivity contribution in [3.05, 3.63) is 59.4 Å². The second-order valence-electron chi connectivity index (χ2n) is 6.92. The number of aryl methyl sites for hydroxylation is 1. The van der Waals surface area contributed by atoms with Crippen molar-refractivity contribution in [2.45, 2.75) is 33.4 Å². The van der Waals surface area contributed by atoms with E-state index < -0.39 is 0 Å². The van der Waals surface area contributed by atoms with Gasteiger partial charge in [0, 0.05) is 38.8 Å². The second kappa shape index (κ2) is 8.92. The maximum atomic E-state index is 11.1. The van der Waals surface area contributed by atoms with E-state index in [2.05, 4.69) is 33.0 Å². The van der Waals surface area contributed by atoms with Gasteiger partial charge in [0.15, 0.2) is 0 Å².